The number of ether oxygens (including phenoxy) is 2. The molecule has 2 aromatic rings. The number of carbonyl (C=O) groups excluding carboxylic acids is 1. The zero-order chi connectivity index (χ0) is 17.0. The minimum atomic E-state index is -0.110. The lowest BCUT2D eigenvalue weighted by atomic mass is 10.0. The summed E-state index contributed by atoms with van der Waals surface area (Å²) in [7, 11) is 0. The number of amides is 1. The van der Waals surface area contributed by atoms with Gasteiger partial charge in [0.25, 0.3) is 5.91 Å². The third kappa shape index (κ3) is 6.42. The first kappa shape index (κ1) is 18.0. The van der Waals surface area contributed by atoms with Crippen molar-refractivity contribution in [2.75, 3.05) is 26.4 Å². The molecule has 1 amide bonds. The highest BCUT2D eigenvalue weighted by atomic mass is 16.5. The van der Waals surface area contributed by atoms with E-state index in [4.69, 9.17) is 9.47 Å². The summed E-state index contributed by atoms with van der Waals surface area (Å²) < 4.78 is 10.9. The largest absolute Gasteiger partial charge is 0.483 e. The van der Waals surface area contributed by atoms with Crippen molar-refractivity contribution < 1.29 is 14.3 Å². The molecular weight excluding hydrogens is 302 g/mol. The van der Waals surface area contributed by atoms with Crippen LogP contribution in [-0.4, -0.2) is 32.3 Å². The predicted molar refractivity (Wildman–Crippen MR) is 95.3 cm³/mol. The number of hydrogen-bond acceptors (Lipinski definition) is 3. The molecule has 24 heavy (non-hydrogen) atoms. The highest BCUT2D eigenvalue weighted by molar-refractivity contribution is 5.77. The second-order valence-electron chi connectivity index (χ2n) is 5.46. The Labute approximate surface area is 143 Å². The SMILES string of the molecule is CCOCCCNC(=O)COc1ccccc1Cc1ccccc1. The number of hydrogen-bond donors (Lipinski definition) is 1. The van der Waals surface area contributed by atoms with Crippen molar-refractivity contribution in [2.24, 2.45) is 0 Å². The fraction of sp³-hybridized carbons (Fsp3) is 0.350. The van der Waals surface area contributed by atoms with Gasteiger partial charge in [-0.15, -0.1) is 0 Å². The molecule has 4 heteroatoms. The minimum absolute atomic E-state index is 0.0282. The maximum Gasteiger partial charge on any atom is 0.257 e. The molecule has 0 spiro atoms. The molecule has 4 nitrogen and oxygen atoms in total. The topological polar surface area (TPSA) is 47.6 Å². The number of benzene rings is 2. The standard InChI is InChI=1S/C20H25NO3/c1-2-23-14-8-13-21-20(22)16-24-19-12-7-6-11-18(19)15-17-9-4-3-5-10-17/h3-7,9-12H,2,8,13-16H2,1H3,(H,21,22). The average molecular weight is 327 g/mol. The van der Waals surface area contributed by atoms with Gasteiger partial charge >= 0.3 is 0 Å². The van der Waals surface area contributed by atoms with Gasteiger partial charge in [-0.1, -0.05) is 48.5 Å². The van der Waals surface area contributed by atoms with E-state index in [1.54, 1.807) is 0 Å². The van der Waals surface area contributed by atoms with Crippen LogP contribution in [0.5, 0.6) is 5.75 Å². The van der Waals surface area contributed by atoms with Gasteiger partial charge in [0.15, 0.2) is 6.61 Å². The molecule has 0 aromatic heterocycles. The Balaban J connectivity index is 1.81. The number of nitrogens with one attached hydrogen (secondary N) is 1. The van der Waals surface area contributed by atoms with Gasteiger partial charge in [0.1, 0.15) is 5.75 Å². The number of para-hydroxylation sites is 1. The first-order valence-electron chi connectivity index (χ1n) is 8.38. The third-order valence-electron chi connectivity index (χ3n) is 3.56. The fourth-order valence-electron chi connectivity index (χ4n) is 2.35. The summed E-state index contributed by atoms with van der Waals surface area (Å²) in [6.07, 6.45) is 1.59. The van der Waals surface area contributed by atoms with Crippen molar-refractivity contribution in [2.45, 2.75) is 19.8 Å². The van der Waals surface area contributed by atoms with Crippen LogP contribution in [0.25, 0.3) is 0 Å². The molecule has 2 rings (SSSR count). The summed E-state index contributed by atoms with van der Waals surface area (Å²) in [6.45, 7) is 3.96. The summed E-state index contributed by atoms with van der Waals surface area (Å²) >= 11 is 0. The molecule has 0 fully saturated rings. The Morgan fingerprint density at radius 3 is 2.58 bits per heavy atom. The molecule has 0 saturated carbocycles. The first-order valence-corrected chi connectivity index (χ1v) is 8.38. The van der Waals surface area contributed by atoms with Crippen LogP contribution in [0.2, 0.25) is 0 Å². The van der Waals surface area contributed by atoms with Crippen LogP contribution < -0.4 is 10.1 Å². The van der Waals surface area contributed by atoms with Crippen LogP contribution in [0.1, 0.15) is 24.5 Å². The van der Waals surface area contributed by atoms with Gasteiger partial charge in [0.2, 0.25) is 0 Å². The zero-order valence-corrected chi connectivity index (χ0v) is 14.2. The van der Waals surface area contributed by atoms with Crippen molar-refractivity contribution in [3.63, 3.8) is 0 Å². The second kappa shape index (κ2) is 10.4. The van der Waals surface area contributed by atoms with Crippen molar-refractivity contribution in [1.82, 2.24) is 5.32 Å². The van der Waals surface area contributed by atoms with E-state index in [0.29, 0.717) is 19.8 Å². The van der Waals surface area contributed by atoms with Crippen LogP contribution in [-0.2, 0) is 16.0 Å². The van der Waals surface area contributed by atoms with Crippen LogP contribution in [0, 0.1) is 0 Å². The highest BCUT2D eigenvalue weighted by Gasteiger charge is 2.07. The Morgan fingerprint density at radius 1 is 1.04 bits per heavy atom. The zero-order valence-electron chi connectivity index (χ0n) is 14.2. The minimum Gasteiger partial charge on any atom is -0.483 e. The van der Waals surface area contributed by atoms with Gasteiger partial charge in [-0.05, 0) is 30.5 Å². The van der Waals surface area contributed by atoms with E-state index in [0.717, 1.165) is 24.2 Å². The summed E-state index contributed by atoms with van der Waals surface area (Å²) in [6, 6.07) is 18.1. The van der Waals surface area contributed by atoms with E-state index < -0.39 is 0 Å². The monoisotopic (exact) mass is 327 g/mol. The van der Waals surface area contributed by atoms with E-state index in [-0.39, 0.29) is 12.5 Å². The summed E-state index contributed by atoms with van der Waals surface area (Å²) in [5.41, 5.74) is 2.29. The normalized spacial score (nSPS) is 10.4. The maximum absolute atomic E-state index is 11.8. The van der Waals surface area contributed by atoms with E-state index in [1.165, 1.54) is 5.56 Å². The Hall–Kier alpha value is -2.33. The lowest BCUT2D eigenvalue weighted by Gasteiger charge is -2.12. The molecule has 0 atom stereocenters. The molecule has 0 aliphatic carbocycles. The summed E-state index contributed by atoms with van der Waals surface area (Å²) in [4.78, 5) is 11.8. The number of carbonyl (C=O) groups is 1. The Bertz CT molecular complexity index is 613. The van der Waals surface area contributed by atoms with E-state index >= 15 is 0 Å². The molecule has 0 bridgehead atoms. The van der Waals surface area contributed by atoms with Crippen LogP contribution >= 0.6 is 0 Å². The average Bonchev–Trinajstić information content (AvgIpc) is 2.62. The van der Waals surface area contributed by atoms with Gasteiger partial charge < -0.3 is 14.8 Å². The van der Waals surface area contributed by atoms with Gasteiger partial charge in [-0.3, -0.25) is 4.79 Å². The fourth-order valence-corrected chi connectivity index (χ4v) is 2.35. The highest BCUT2D eigenvalue weighted by Crippen LogP contribution is 2.21. The molecule has 0 heterocycles. The van der Waals surface area contributed by atoms with Crippen LogP contribution in [0.3, 0.4) is 0 Å². The molecule has 0 saturated heterocycles. The van der Waals surface area contributed by atoms with Crippen LogP contribution in [0.4, 0.5) is 0 Å². The smallest absolute Gasteiger partial charge is 0.257 e. The van der Waals surface area contributed by atoms with Crippen molar-refractivity contribution in [3.05, 3.63) is 65.7 Å². The van der Waals surface area contributed by atoms with Gasteiger partial charge in [-0.2, -0.15) is 0 Å². The molecule has 0 radical (unpaired) electrons. The Morgan fingerprint density at radius 2 is 1.79 bits per heavy atom. The lowest BCUT2D eigenvalue weighted by molar-refractivity contribution is -0.123. The number of rotatable bonds is 10. The summed E-state index contributed by atoms with van der Waals surface area (Å²) in [5.74, 6) is 0.645. The molecule has 1 N–H and O–H groups in total. The van der Waals surface area contributed by atoms with Gasteiger partial charge in [-0.25, -0.2) is 0 Å². The van der Waals surface area contributed by atoms with E-state index in [1.807, 2.05) is 49.4 Å². The van der Waals surface area contributed by atoms with E-state index in [2.05, 4.69) is 17.4 Å². The quantitative estimate of drug-likeness (QED) is 0.682. The first-order chi connectivity index (χ1) is 11.8. The molecule has 2 aromatic carbocycles. The predicted octanol–water partition coefficient (Wildman–Crippen LogP) is 3.20. The van der Waals surface area contributed by atoms with Gasteiger partial charge in [0, 0.05) is 26.2 Å². The lowest BCUT2D eigenvalue weighted by Crippen LogP contribution is -2.30. The van der Waals surface area contributed by atoms with E-state index in [9.17, 15) is 4.79 Å². The van der Waals surface area contributed by atoms with Crippen LogP contribution in [0.15, 0.2) is 54.6 Å². The molecule has 128 valence electrons. The van der Waals surface area contributed by atoms with Crippen molar-refractivity contribution >= 4 is 5.91 Å². The molecule has 0 aliphatic rings. The molecule has 0 unspecified atom stereocenters. The summed E-state index contributed by atoms with van der Waals surface area (Å²) in [5, 5.41) is 2.84. The van der Waals surface area contributed by atoms with Crippen molar-refractivity contribution in [1.29, 1.82) is 0 Å². The third-order valence-corrected chi connectivity index (χ3v) is 3.56. The van der Waals surface area contributed by atoms with Crippen molar-refractivity contribution in [3.8, 4) is 5.75 Å². The molecule has 0 aliphatic heterocycles. The second-order valence-corrected chi connectivity index (χ2v) is 5.46. The Kier molecular flexibility index (Phi) is 7.84. The van der Waals surface area contributed by atoms with Gasteiger partial charge in [0.05, 0.1) is 0 Å². The maximum atomic E-state index is 11.8. The molecular formula is C20H25NO3.